The predicted molar refractivity (Wildman–Crippen MR) is 96.4 cm³/mol. The number of carbonyl (C=O) groups excluding carboxylic acids is 1. The van der Waals surface area contributed by atoms with Crippen molar-refractivity contribution in [3.05, 3.63) is 23.9 Å². The zero-order chi connectivity index (χ0) is 15.3. The summed E-state index contributed by atoms with van der Waals surface area (Å²) in [6, 6.07) is 3.85. The van der Waals surface area contributed by atoms with Gasteiger partial charge in [0.1, 0.15) is 5.82 Å². The molecule has 0 unspecified atom stereocenters. The van der Waals surface area contributed by atoms with Crippen molar-refractivity contribution in [2.24, 2.45) is 11.1 Å². The van der Waals surface area contributed by atoms with Crippen molar-refractivity contribution >= 4 is 36.5 Å². The summed E-state index contributed by atoms with van der Waals surface area (Å²) in [5.41, 5.74) is 6.36. The minimum atomic E-state index is -0.487. The first-order chi connectivity index (χ1) is 10.1. The van der Waals surface area contributed by atoms with E-state index in [0.29, 0.717) is 39.1 Å². The quantitative estimate of drug-likeness (QED) is 0.824. The highest BCUT2D eigenvalue weighted by Gasteiger charge is 2.38. The normalized spacial score (nSPS) is 15.8. The third-order valence-electron chi connectivity index (χ3n) is 4.05. The summed E-state index contributed by atoms with van der Waals surface area (Å²) < 4.78 is 5.34. The van der Waals surface area contributed by atoms with Crippen molar-refractivity contribution < 1.29 is 9.53 Å². The van der Waals surface area contributed by atoms with E-state index in [0.717, 1.165) is 11.4 Å². The first-order valence-corrected chi connectivity index (χ1v) is 7.26. The van der Waals surface area contributed by atoms with Crippen LogP contribution in [0.15, 0.2) is 18.3 Å². The molecule has 1 fully saturated rings. The fourth-order valence-corrected chi connectivity index (χ4v) is 2.62. The zero-order valence-corrected chi connectivity index (χ0v) is 15.2. The van der Waals surface area contributed by atoms with E-state index in [-0.39, 0.29) is 30.7 Å². The van der Waals surface area contributed by atoms with Gasteiger partial charge in [-0.1, -0.05) is 6.07 Å². The van der Waals surface area contributed by atoms with Crippen molar-refractivity contribution in [3.63, 3.8) is 0 Å². The lowest BCUT2D eigenvalue weighted by molar-refractivity contribution is -0.136. The van der Waals surface area contributed by atoms with Crippen LogP contribution in [0, 0.1) is 5.41 Å². The average molecular weight is 365 g/mol. The molecule has 1 aromatic rings. The number of rotatable bonds is 5. The second-order valence-electron chi connectivity index (χ2n) is 5.66. The summed E-state index contributed by atoms with van der Waals surface area (Å²) in [4.78, 5) is 18.8. The third-order valence-corrected chi connectivity index (χ3v) is 4.05. The molecule has 1 aliphatic heterocycles. The van der Waals surface area contributed by atoms with E-state index in [1.165, 1.54) is 0 Å². The molecule has 132 valence electrons. The van der Waals surface area contributed by atoms with Gasteiger partial charge >= 0.3 is 0 Å². The summed E-state index contributed by atoms with van der Waals surface area (Å²) in [7, 11) is 3.88. The van der Waals surface area contributed by atoms with Gasteiger partial charge in [0.15, 0.2) is 0 Å². The van der Waals surface area contributed by atoms with Crippen molar-refractivity contribution in [1.82, 2.24) is 10.3 Å². The number of hydrogen-bond donors (Lipinski definition) is 2. The number of nitrogens with two attached hydrogens (primary N) is 1. The minimum Gasteiger partial charge on any atom is -0.381 e. The highest BCUT2D eigenvalue weighted by molar-refractivity contribution is 5.85. The summed E-state index contributed by atoms with van der Waals surface area (Å²) in [6.07, 6.45) is 3.12. The van der Waals surface area contributed by atoms with Gasteiger partial charge in [0, 0.05) is 52.2 Å². The van der Waals surface area contributed by atoms with Crippen molar-refractivity contribution in [3.8, 4) is 0 Å². The Bertz CT molecular complexity index is 494. The molecular formula is C15H26Cl2N4O2. The summed E-state index contributed by atoms with van der Waals surface area (Å²) in [5.74, 6) is 0.883. The Morgan fingerprint density at radius 3 is 2.61 bits per heavy atom. The average Bonchev–Trinajstić information content (AvgIpc) is 2.53. The van der Waals surface area contributed by atoms with E-state index in [1.807, 2.05) is 31.1 Å². The first-order valence-electron chi connectivity index (χ1n) is 7.26. The molecule has 1 aliphatic rings. The molecule has 1 amide bonds. The lowest BCUT2D eigenvalue weighted by Crippen LogP contribution is -2.49. The number of nitrogens with zero attached hydrogens (tertiary/aromatic N) is 2. The lowest BCUT2D eigenvalue weighted by atomic mass is 9.79. The van der Waals surface area contributed by atoms with E-state index in [1.54, 1.807) is 6.20 Å². The molecule has 1 aromatic heterocycles. The molecule has 0 saturated carbocycles. The van der Waals surface area contributed by atoms with E-state index in [9.17, 15) is 4.79 Å². The van der Waals surface area contributed by atoms with Crippen LogP contribution in [-0.2, 0) is 16.1 Å². The molecule has 2 heterocycles. The van der Waals surface area contributed by atoms with Gasteiger partial charge in [0.25, 0.3) is 0 Å². The number of nitrogens with one attached hydrogen (secondary N) is 1. The first kappa shape index (κ1) is 21.9. The lowest BCUT2D eigenvalue weighted by Gasteiger charge is -2.34. The van der Waals surface area contributed by atoms with Gasteiger partial charge in [-0.05, 0) is 18.9 Å². The monoisotopic (exact) mass is 364 g/mol. The standard InChI is InChI=1S/C15H24N4O2.2ClH/c1-19(2)13-12(4-3-7-17-13)10-18-14(20)15(11-16)5-8-21-9-6-15;;/h3-4,7H,5-6,8-11,16H2,1-2H3,(H,18,20);2*1H. The molecule has 8 heteroatoms. The topological polar surface area (TPSA) is 80.5 Å². The molecule has 1 saturated heterocycles. The maximum Gasteiger partial charge on any atom is 0.227 e. The Kier molecular flexibility index (Phi) is 9.46. The molecule has 0 aromatic carbocycles. The Balaban J connectivity index is 0.00000242. The number of ether oxygens (including phenoxy) is 1. The zero-order valence-electron chi connectivity index (χ0n) is 13.6. The van der Waals surface area contributed by atoms with Gasteiger partial charge in [0.05, 0.1) is 5.41 Å². The molecule has 6 nitrogen and oxygen atoms in total. The molecular weight excluding hydrogens is 339 g/mol. The number of pyridine rings is 1. The largest absolute Gasteiger partial charge is 0.381 e. The maximum absolute atomic E-state index is 12.5. The number of aromatic nitrogens is 1. The minimum absolute atomic E-state index is 0. The van der Waals surface area contributed by atoms with Crippen molar-refractivity contribution in [1.29, 1.82) is 0 Å². The number of halogens is 2. The maximum atomic E-state index is 12.5. The van der Waals surface area contributed by atoms with Crippen LogP contribution >= 0.6 is 24.8 Å². The highest BCUT2D eigenvalue weighted by Crippen LogP contribution is 2.29. The van der Waals surface area contributed by atoms with E-state index >= 15 is 0 Å². The Morgan fingerprint density at radius 2 is 2.04 bits per heavy atom. The van der Waals surface area contributed by atoms with Gasteiger partial charge in [-0.15, -0.1) is 24.8 Å². The van der Waals surface area contributed by atoms with Crippen LogP contribution in [0.2, 0.25) is 0 Å². The molecule has 3 N–H and O–H groups in total. The van der Waals surface area contributed by atoms with Crippen molar-refractivity contribution in [2.75, 3.05) is 38.8 Å². The summed E-state index contributed by atoms with van der Waals surface area (Å²) in [6.45, 7) is 2.01. The van der Waals surface area contributed by atoms with Crippen molar-refractivity contribution in [2.45, 2.75) is 19.4 Å². The van der Waals surface area contributed by atoms with Crippen LogP contribution in [0.3, 0.4) is 0 Å². The summed E-state index contributed by atoms with van der Waals surface area (Å²) >= 11 is 0. The fraction of sp³-hybridized carbons (Fsp3) is 0.600. The number of anilines is 1. The summed E-state index contributed by atoms with van der Waals surface area (Å²) in [5, 5.41) is 3.01. The van der Waals surface area contributed by atoms with Gasteiger partial charge in [-0.2, -0.15) is 0 Å². The number of hydrogen-bond acceptors (Lipinski definition) is 5. The van der Waals surface area contributed by atoms with E-state index in [2.05, 4.69) is 10.3 Å². The SMILES string of the molecule is CN(C)c1ncccc1CNC(=O)C1(CN)CCOCC1.Cl.Cl. The molecule has 0 bridgehead atoms. The second-order valence-corrected chi connectivity index (χ2v) is 5.66. The van der Waals surface area contributed by atoms with Crippen LogP contribution < -0.4 is 16.0 Å². The molecule has 2 rings (SSSR count). The third kappa shape index (κ3) is 5.21. The van der Waals surface area contributed by atoms with Crippen LogP contribution in [0.5, 0.6) is 0 Å². The van der Waals surface area contributed by atoms with E-state index < -0.39 is 5.41 Å². The molecule has 0 atom stereocenters. The van der Waals surface area contributed by atoms with Crippen LogP contribution in [-0.4, -0.2) is 44.7 Å². The van der Waals surface area contributed by atoms with Gasteiger partial charge in [-0.25, -0.2) is 4.98 Å². The van der Waals surface area contributed by atoms with Gasteiger partial charge in [0.2, 0.25) is 5.91 Å². The Morgan fingerprint density at radius 1 is 1.39 bits per heavy atom. The Hall–Kier alpha value is -1.08. The van der Waals surface area contributed by atoms with Gasteiger partial charge in [-0.3, -0.25) is 4.79 Å². The molecule has 0 aliphatic carbocycles. The van der Waals surface area contributed by atoms with Gasteiger partial charge < -0.3 is 20.7 Å². The molecule has 0 spiro atoms. The molecule has 23 heavy (non-hydrogen) atoms. The highest BCUT2D eigenvalue weighted by atomic mass is 35.5. The number of carbonyl (C=O) groups is 1. The molecule has 0 radical (unpaired) electrons. The second kappa shape index (κ2) is 9.93. The Labute approximate surface area is 150 Å². The van der Waals surface area contributed by atoms with Crippen LogP contribution in [0.1, 0.15) is 18.4 Å². The van der Waals surface area contributed by atoms with Crippen LogP contribution in [0.25, 0.3) is 0 Å². The smallest absolute Gasteiger partial charge is 0.227 e. The fourth-order valence-electron chi connectivity index (χ4n) is 2.62. The number of amides is 1. The van der Waals surface area contributed by atoms with E-state index in [4.69, 9.17) is 10.5 Å². The van der Waals surface area contributed by atoms with Crippen LogP contribution in [0.4, 0.5) is 5.82 Å². The predicted octanol–water partition coefficient (Wildman–Crippen LogP) is 1.36.